The number of sulfonamides is 1. The molecule has 9 heteroatoms. The summed E-state index contributed by atoms with van der Waals surface area (Å²) >= 11 is 6.23. The third-order valence-corrected chi connectivity index (χ3v) is 8.94. The Morgan fingerprint density at radius 2 is 1.55 bits per heavy atom. The van der Waals surface area contributed by atoms with Crippen molar-refractivity contribution in [3.05, 3.63) is 101 Å². The first kappa shape index (κ1) is 31.3. The van der Waals surface area contributed by atoms with Crippen molar-refractivity contribution in [2.45, 2.75) is 63.1 Å². The van der Waals surface area contributed by atoms with E-state index in [4.69, 9.17) is 11.6 Å². The van der Waals surface area contributed by atoms with Gasteiger partial charge in [0.15, 0.2) is 0 Å². The molecule has 3 aromatic carbocycles. The van der Waals surface area contributed by atoms with Gasteiger partial charge < -0.3 is 10.2 Å². The molecule has 7 nitrogen and oxygen atoms in total. The minimum absolute atomic E-state index is 0.0502. The van der Waals surface area contributed by atoms with Crippen molar-refractivity contribution in [2.24, 2.45) is 0 Å². The van der Waals surface area contributed by atoms with Gasteiger partial charge in [0.2, 0.25) is 21.8 Å². The Bertz CT molecular complexity index is 1350. The molecular formula is C31H38ClN3O4S. The zero-order valence-corrected chi connectivity index (χ0v) is 24.9. The Morgan fingerprint density at radius 1 is 0.925 bits per heavy atom. The summed E-state index contributed by atoms with van der Waals surface area (Å²) in [6.07, 6.45) is 1.49. The quantitative estimate of drug-likeness (QED) is 0.279. The Balaban J connectivity index is 1.83. The summed E-state index contributed by atoms with van der Waals surface area (Å²) in [5, 5.41) is 3.59. The Labute approximate surface area is 243 Å². The molecule has 0 heterocycles. The molecule has 0 unspecified atom stereocenters. The van der Waals surface area contributed by atoms with E-state index in [9.17, 15) is 18.0 Å². The lowest BCUT2D eigenvalue weighted by Crippen LogP contribution is -2.52. The number of nitrogens with zero attached hydrogens (tertiary/aromatic N) is 2. The van der Waals surface area contributed by atoms with Crippen molar-refractivity contribution >= 4 is 33.4 Å². The number of benzene rings is 3. The van der Waals surface area contributed by atoms with Gasteiger partial charge in [0.05, 0.1) is 4.90 Å². The van der Waals surface area contributed by atoms with Gasteiger partial charge in [0.25, 0.3) is 0 Å². The molecule has 3 aromatic rings. The normalized spacial score (nSPS) is 13.0. The van der Waals surface area contributed by atoms with Gasteiger partial charge in [0.1, 0.15) is 6.04 Å². The highest BCUT2D eigenvalue weighted by Crippen LogP contribution is 2.20. The molecule has 0 aliphatic heterocycles. The molecule has 214 valence electrons. The van der Waals surface area contributed by atoms with Crippen LogP contribution in [0.15, 0.2) is 89.8 Å². The minimum Gasteiger partial charge on any atom is -0.352 e. The molecule has 0 spiro atoms. The van der Waals surface area contributed by atoms with Crippen LogP contribution >= 0.6 is 11.6 Å². The second-order valence-electron chi connectivity index (χ2n) is 9.92. The number of hydrogen-bond donors (Lipinski definition) is 1. The van der Waals surface area contributed by atoms with E-state index in [0.29, 0.717) is 17.9 Å². The van der Waals surface area contributed by atoms with Crippen LogP contribution in [0.4, 0.5) is 0 Å². The molecule has 0 aliphatic carbocycles. The van der Waals surface area contributed by atoms with Crippen molar-refractivity contribution in [3.8, 4) is 0 Å². The molecule has 0 aliphatic rings. The smallest absolute Gasteiger partial charge is 0.243 e. The zero-order valence-electron chi connectivity index (χ0n) is 23.3. The SMILES string of the molecule is CC[C@@H](C)NC(=O)[C@H](Cc1ccccc1)N(Cc1cccc(Cl)c1)C(=O)CCCN(C)S(=O)(=O)c1ccccc1. The average Bonchev–Trinajstić information content (AvgIpc) is 2.95. The summed E-state index contributed by atoms with van der Waals surface area (Å²) in [6, 6.07) is 24.2. The summed E-state index contributed by atoms with van der Waals surface area (Å²) in [6.45, 7) is 4.29. The highest BCUT2D eigenvalue weighted by atomic mass is 35.5. The predicted molar refractivity (Wildman–Crippen MR) is 159 cm³/mol. The average molecular weight is 584 g/mol. The van der Waals surface area contributed by atoms with E-state index >= 15 is 0 Å². The van der Waals surface area contributed by atoms with Crippen LogP contribution in [-0.2, 0) is 32.6 Å². The number of rotatable bonds is 14. The van der Waals surface area contributed by atoms with Gasteiger partial charge in [-0.2, -0.15) is 0 Å². The predicted octanol–water partition coefficient (Wildman–Crippen LogP) is 5.30. The molecule has 2 amide bonds. The third-order valence-electron chi connectivity index (χ3n) is 6.83. The van der Waals surface area contributed by atoms with Gasteiger partial charge >= 0.3 is 0 Å². The molecular weight excluding hydrogens is 546 g/mol. The van der Waals surface area contributed by atoms with E-state index in [1.807, 2.05) is 56.3 Å². The van der Waals surface area contributed by atoms with E-state index in [0.717, 1.165) is 17.5 Å². The lowest BCUT2D eigenvalue weighted by molar-refractivity contribution is -0.141. The van der Waals surface area contributed by atoms with Gasteiger partial charge in [-0.25, -0.2) is 12.7 Å². The molecule has 0 radical (unpaired) electrons. The number of amides is 2. The molecule has 0 bridgehead atoms. The monoisotopic (exact) mass is 583 g/mol. The molecule has 3 rings (SSSR count). The van der Waals surface area contributed by atoms with Crippen LogP contribution in [0.25, 0.3) is 0 Å². The van der Waals surface area contributed by atoms with Crippen LogP contribution in [0, 0.1) is 0 Å². The summed E-state index contributed by atoms with van der Waals surface area (Å²) in [7, 11) is -2.16. The lowest BCUT2D eigenvalue weighted by atomic mass is 10.0. The van der Waals surface area contributed by atoms with Crippen molar-refractivity contribution in [1.82, 2.24) is 14.5 Å². The molecule has 40 heavy (non-hydrogen) atoms. The lowest BCUT2D eigenvalue weighted by Gasteiger charge is -2.32. The van der Waals surface area contributed by atoms with Crippen molar-refractivity contribution in [2.75, 3.05) is 13.6 Å². The van der Waals surface area contributed by atoms with Gasteiger partial charge in [-0.15, -0.1) is 0 Å². The fourth-order valence-corrected chi connectivity index (χ4v) is 5.76. The second kappa shape index (κ2) is 15.0. The van der Waals surface area contributed by atoms with Gasteiger partial charge in [-0.3, -0.25) is 9.59 Å². The molecule has 0 saturated carbocycles. The largest absolute Gasteiger partial charge is 0.352 e. The first-order valence-corrected chi connectivity index (χ1v) is 15.3. The molecule has 0 fully saturated rings. The fourth-order valence-electron chi connectivity index (χ4n) is 4.32. The van der Waals surface area contributed by atoms with Crippen LogP contribution in [0.1, 0.15) is 44.2 Å². The van der Waals surface area contributed by atoms with Crippen LogP contribution < -0.4 is 5.32 Å². The van der Waals surface area contributed by atoms with Gasteiger partial charge in [-0.1, -0.05) is 79.2 Å². The van der Waals surface area contributed by atoms with Gasteiger partial charge in [-0.05, 0) is 55.2 Å². The highest BCUT2D eigenvalue weighted by Gasteiger charge is 2.31. The first-order chi connectivity index (χ1) is 19.1. The van der Waals surface area contributed by atoms with Crippen molar-refractivity contribution < 1.29 is 18.0 Å². The van der Waals surface area contributed by atoms with E-state index in [1.165, 1.54) is 11.4 Å². The van der Waals surface area contributed by atoms with Crippen LogP contribution in [0.3, 0.4) is 0 Å². The second-order valence-corrected chi connectivity index (χ2v) is 12.4. The zero-order chi connectivity index (χ0) is 29.1. The summed E-state index contributed by atoms with van der Waals surface area (Å²) in [5.41, 5.74) is 1.74. The van der Waals surface area contributed by atoms with E-state index in [1.54, 1.807) is 47.4 Å². The fraction of sp³-hybridized carbons (Fsp3) is 0.355. The van der Waals surface area contributed by atoms with Crippen LogP contribution in [-0.4, -0.2) is 55.1 Å². The van der Waals surface area contributed by atoms with Crippen molar-refractivity contribution in [3.63, 3.8) is 0 Å². The highest BCUT2D eigenvalue weighted by molar-refractivity contribution is 7.89. The third kappa shape index (κ3) is 8.91. The maximum atomic E-state index is 13.8. The van der Waals surface area contributed by atoms with E-state index in [2.05, 4.69) is 5.32 Å². The maximum Gasteiger partial charge on any atom is 0.243 e. The topological polar surface area (TPSA) is 86.8 Å². The first-order valence-electron chi connectivity index (χ1n) is 13.5. The standard InChI is InChI=1S/C31H38ClN3O4S/c1-4-24(2)33-31(37)29(22-25-13-7-5-8-14-25)35(23-26-15-11-16-27(32)21-26)30(36)19-12-20-34(3)40(38,39)28-17-9-6-10-18-28/h5-11,13-18,21,24,29H,4,12,19-20,22-23H2,1-3H3,(H,33,37)/t24-,29+/m1/s1. The Morgan fingerprint density at radius 3 is 2.17 bits per heavy atom. The van der Waals surface area contributed by atoms with Crippen LogP contribution in [0.2, 0.25) is 5.02 Å². The molecule has 2 atom stereocenters. The molecule has 0 saturated heterocycles. The van der Waals surface area contributed by atoms with Crippen molar-refractivity contribution in [1.29, 1.82) is 0 Å². The summed E-state index contributed by atoms with van der Waals surface area (Å²) in [4.78, 5) is 29.1. The van der Waals surface area contributed by atoms with E-state index in [-0.39, 0.29) is 42.3 Å². The number of carbonyl (C=O) groups excluding carboxylic acids is 2. The minimum atomic E-state index is -3.67. The Hall–Kier alpha value is -3.20. The maximum absolute atomic E-state index is 13.8. The number of halogens is 1. The number of nitrogens with one attached hydrogen (secondary N) is 1. The summed E-state index contributed by atoms with van der Waals surface area (Å²) < 4.78 is 27.1. The van der Waals surface area contributed by atoms with Gasteiger partial charge in [0, 0.05) is 44.0 Å². The molecule has 1 N–H and O–H groups in total. The van der Waals surface area contributed by atoms with Crippen LogP contribution in [0.5, 0.6) is 0 Å². The summed E-state index contributed by atoms with van der Waals surface area (Å²) in [5.74, 6) is -0.455. The number of hydrogen-bond acceptors (Lipinski definition) is 4. The Kier molecular flexibility index (Phi) is 11.7. The molecule has 0 aromatic heterocycles. The van der Waals surface area contributed by atoms with E-state index < -0.39 is 16.1 Å². The number of carbonyl (C=O) groups is 2.